The van der Waals surface area contributed by atoms with Crippen LogP contribution in [0.2, 0.25) is 0 Å². The van der Waals surface area contributed by atoms with Crippen LogP contribution in [0.5, 0.6) is 0 Å². The fourth-order valence-electron chi connectivity index (χ4n) is 4.63. The molecule has 1 aromatic carbocycles. The second kappa shape index (κ2) is 10.6. The Hall–Kier alpha value is -2.49. The molecule has 2 heterocycles. The molecular formula is C24H31BrN4O4. The Morgan fingerprint density at radius 2 is 1.91 bits per heavy atom. The number of nitrogens with zero attached hydrogens (tertiary/aromatic N) is 3. The molecule has 4 rings (SSSR count). The summed E-state index contributed by atoms with van der Waals surface area (Å²) < 4.78 is 11.2. The van der Waals surface area contributed by atoms with Gasteiger partial charge >= 0.3 is 0 Å². The van der Waals surface area contributed by atoms with Gasteiger partial charge in [-0.1, -0.05) is 54.8 Å². The number of halogens is 1. The molecule has 1 amide bonds. The zero-order valence-corrected chi connectivity index (χ0v) is 20.6. The fraction of sp³-hybridized carbons (Fsp3) is 0.458. The highest BCUT2D eigenvalue weighted by Crippen LogP contribution is 2.43. The second-order valence-electron chi connectivity index (χ2n) is 9.28. The number of benzene rings is 1. The van der Waals surface area contributed by atoms with E-state index in [-0.39, 0.29) is 35.4 Å². The van der Waals surface area contributed by atoms with E-state index in [1.54, 1.807) is 12.3 Å². The maximum atomic E-state index is 12.4. The first-order chi connectivity index (χ1) is 15.4. The van der Waals surface area contributed by atoms with Crippen LogP contribution in [0.3, 0.4) is 0 Å². The van der Waals surface area contributed by atoms with Gasteiger partial charge in [-0.25, -0.2) is 4.98 Å². The van der Waals surface area contributed by atoms with E-state index in [1.807, 2.05) is 44.4 Å². The van der Waals surface area contributed by atoms with Crippen LogP contribution in [0.1, 0.15) is 49.3 Å². The zero-order chi connectivity index (χ0) is 22.6. The summed E-state index contributed by atoms with van der Waals surface area (Å²) in [5.74, 6) is 1.23. The van der Waals surface area contributed by atoms with Gasteiger partial charge in [0.2, 0.25) is 5.89 Å². The van der Waals surface area contributed by atoms with Gasteiger partial charge in [0.1, 0.15) is 12.8 Å². The van der Waals surface area contributed by atoms with Crippen molar-refractivity contribution in [3.05, 3.63) is 66.1 Å². The topological polar surface area (TPSA) is 101 Å². The van der Waals surface area contributed by atoms with Gasteiger partial charge in [0.05, 0.1) is 20.3 Å². The number of aromatic nitrogens is 2. The average molecular weight is 519 g/mol. The number of hydrogen-bond acceptors (Lipinski definition) is 6. The van der Waals surface area contributed by atoms with Gasteiger partial charge in [0.15, 0.2) is 23.7 Å². The summed E-state index contributed by atoms with van der Waals surface area (Å²) in [6.07, 6.45) is 8.34. The Morgan fingerprint density at radius 1 is 1.18 bits per heavy atom. The lowest BCUT2D eigenvalue weighted by Crippen LogP contribution is -3.00. The Kier molecular flexibility index (Phi) is 8.10. The number of rotatable bonds is 8. The number of amides is 1. The van der Waals surface area contributed by atoms with Gasteiger partial charge in [-0.2, -0.15) is 0 Å². The minimum Gasteiger partial charge on any atom is -1.00 e. The van der Waals surface area contributed by atoms with Crippen LogP contribution in [0.4, 0.5) is 5.82 Å². The van der Waals surface area contributed by atoms with Crippen molar-refractivity contribution in [1.29, 1.82) is 0 Å². The van der Waals surface area contributed by atoms with Gasteiger partial charge in [-0.15, -0.1) is 0 Å². The molecule has 1 saturated carbocycles. The average Bonchev–Trinajstić information content (AvgIpc) is 3.46. The lowest BCUT2D eigenvalue weighted by molar-refractivity contribution is -0.896. The zero-order valence-electron chi connectivity index (χ0n) is 19.0. The van der Waals surface area contributed by atoms with E-state index < -0.39 is 5.60 Å². The number of aliphatic hydroxyl groups is 1. The largest absolute Gasteiger partial charge is 1.00 e. The van der Waals surface area contributed by atoms with Crippen LogP contribution in [0, 0.1) is 5.92 Å². The Morgan fingerprint density at radius 3 is 2.58 bits per heavy atom. The van der Waals surface area contributed by atoms with Crippen LogP contribution < -0.4 is 22.3 Å². The summed E-state index contributed by atoms with van der Waals surface area (Å²) >= 11 is 0. The predicted molar refractivity (Wildman–Crippen MR) is 118 cm³/mol. The monoisotopic (exact) mass is 518 g/mol. The molecule has 1 fully saturated rings. The molecule has 9 heteroatoms. The summed E-state index contributed by atoms with van der Waals surface area (Å²) in [5.41, 5.74) is -0.456. The summed E-state index contributed by atoms with van der Waals surface area (Å²) in [4.78, 5) is 16.9. The lowest BCUT2D eigenvalue weighted by atomic mass is 9.73. The van der Waals surface area contributed by atoms with Crippen molar-refractivity contribution >= 4 is 11.7 Å². The van der Waals surface area contributed by atoms with E-state index in [1.165, 1.54) is 12.7 Å². The standard InChI is InChI=1S/C24H30N4O4.BrH/c1-28(2,17-22(29)26-21-13-14-31-27-21)16-20-15-25-23(32-20)24(30,18-9-5-3-6-10-18)19-11-7-4-8-12-19;/h3,5-6,9-10,13-15,19,30H,4,7-8,11-12,16-17H2,1-2H3;1H. The number of quaternary nitrogens is 1. The molecule has 1 unspecified atom stereocenters. The fourth-order valence-corrected chi connectivity index (χ4v) is 4.63. The molecule has 0 spiro atoms. The van der Waals surface area contributed by atoms with Crippen LogP contribution in [-0.2, 0) is 16.9 Å². The molecular weight excluding hydrogens is 488 g/mol. The normalized spacial score (nSPS) is 16.6. The molecule has 0 radical (unpaired) electrons. The molecule has 33 heavy (non-hydrogen) atoms. The lowest BCUT2D eigenvalue weighted by Gasteiger charge is -2.36. The van der Waals surface area contributed by atoms with E-state index in [0.717, 1.165) is 31.2 Å². The van der Waals surface area contributed by atoms with Crippen LogP contribution in [0.25, 0.3) is 0 Å². The number of oxazole rings is 1. The Labute approximate surface area is 204 Å². The third-order valence-corrected chi connectivity index (χ3v) is 6.15. The predicted octanol–water partition coefficient (Wildman–Crippen LogP) is 0.698. The van der Waals surface area contributed by atoms with Crippen molar-refractivity contribution in [2.45, 2.75) is 44.2 Å². The van der Waals surface area contributed by atoms with E-state index in [4.69, 9.17) is 8.94 Å². The van der Waals surface area contributed by atoms with Gasteiger partial charge in [0.25, 0.3) is 5.91 Å². The van der Waals surface area contributed by atoms with E-state index in [0.29, 0.717) is 28.5 Å². The third-order valence-electron chi connectivity index (χ3n) is 6.15. The van der Waals surface area contributed by atoms with Crippen molar-refractivity contribution in [2.75, 3.05) is 26.0 Å². The summed E-state index contributed by atoms with van der Waals surface area (Å²) in [6.45, 7) is 0.670. The highest BCUT2D eigenvalue weighted by atomic mass is 79.9. The maximum absolute atomic E-state index is 12.4. The number of carbonyl (C=O) groups is 1. The molecule has 178 valence electrons. The second-order valence-corrected chi connectivity index (χ2v) is 9.28. The molecule has 2 N–H and O–H groups in total. The maximum Gasteiger partial charge on any atom is 0.280 e. The van der Waals surface area contributed by atoms with Crippen LogP contribution >= 0.6 is 0 Å². The first-order valence-corrected chi connectivity index (χ1v) is 11.1. The van der Waals surface area contributed by atoms with Crippen LogP contribution in [-0.4, -0.2) is 46.3 Å². The van der Waals surface area contributed by atoms with Crippen molar-refractivity contribution in [1.82, 2.24) is 10.1 Å². The molecule has 3 aromatic rings. The highest BCUT2D eigenvalue weighted by molar-refractivity contribution is 5.90. The number of hydrogen-bond donors (Lipinski definition) is 2. The van der Waals surface area contributed by atoms with Gasteiger partial charge < -0.3 is 40.8 Å². The molecule has 1 aliphatic rings. The van der Waals surface area contributed by atoms with Crippen LogP contribution in [0.15, 0.2) is 57.8 Å². The minimum absolute atomic E-state index is 0. The SMILES string of the molecule is C[N+](C)(CC(=O)Nc1ccon1)Cc1cnc(C(O)(c2ccccc2)C2CCCCC2)o1.[Br-]. The van der Waals surface area contributed by atoms with E-state index >= 15 is 0 Å². The Bertz CT molecular complexity index is 1020. The molecule has 0 aliphatic heterocycles. The summed E-state index contributed by atoms with van der Waals surface area (Å²) in [5, 5.41) is 18.4. The van der Waals surface area contributed by atoms with Gasteiger partial charge in [-0.05, 0) is 18.4 Å². The Balaban J connectivity index is 0.00000306. The number of carbonyl (C=O) groups excluding carboxylic acids is 1. The molecule has 2 aromatic heterocycles. The molecule has 8 nitrogen and oxygen atoms in total. The van der Waals surface area contributed by atoms with Gasteiger partial charge in [0, 0.05) is 12.0 Å². The van der Waals surface area contributed by atoms with Crippen molar-refractivity contribution < 1.29 is 40.3 Å². The highest BCUT2D eigenvalue weighted by Gasteiger charge is 2.44. The third kappa shape index (κ3) is 5.90. The first-order valence-electron chi connectivity index (χ1n) is 11.1. The molecule has 0 saturated heterocycles. The summed E-state index contributed by atoms with van der Waals surface area (Å²) in [6, 6.07) is 11.3. The quantitative estimate of drug-likeness (QED) is 0.425. The van der Waals surface area contributed by atoms with Crippen molar-refractivity contribution in [2.24, 2.45) is 5.92 Å². The molecule has 0 bridgehead atoms. The number of anilines is 1. The van der Waals surface area contributed by atoms with Crippen molar-refractivity contribution in [3.8, 4) is 0 Å². The van der Waals surface area contributed by atoms with E-state index in [2.05, 4.69) is 15.5 Å². The first kappa shape index (κ1) is 25.1. The number of likely N-dealkylation sites (N-methyl/N-ethyl adjacent to an activating group) is 1. The summed E-state index contributed by atoms with van der Waals surface area (Å²) in [7, 11) is 3.88. The van der Waals surface area contributed by atoms with Crippen molar-refractivity contribution in [3.63, 3.8) is 0 Å². The van der Waals surface area contributed by atoms with E-state index in [9.17, 15) is 9.90 Å². The smallest absolute Gasteiger partial charge is 0.280 e. The molecule has 1 aliphatic carbocycles. The number of nitrogens with one attached hydrogen (secondary N) is 1. The molecule has 1 atom stereocenters. The minimum atomic E-state index is -1.26. The van der Waals surface area contributed by atoms with Gasteiger partial charge in [-0.3, -0.25) is 4.79 Å².